The normalized spacial score (nSPS) is 11.8. The summed E-state index contributed by atoms with van der Waals surface area (Å²) in [4.78, 5) is 16.1. The van der Waals surface area contributed by atoms with Gasteiger partial charge in [0.1, 0.15) is 0 Å². The fraction of sp³-hybridized carbons (Fsp3) is 0.143. The zero-order valence-corrected chi connectivity index (χ0v) is 12.2. The third-order valence-corrected chi connectivity index (χ3v) is 3.50. The first-order chi connectivity index (χ1) is 9.58. The molecule has 1 atom stereocenters. The number of aromatic nitrogens is 1. The summed E-state index contributed by atoms with van der Waals surface area (Å²) in [5, 5.41) is 6.14. The van der Waals surface area contributed by atoms with Gasteiger partial charge in [-0.15, -0.1) is 0 Å². The highest BCUT2D eigenvalue weighted by Crippen LogP contribution is 2.29. The van der Waals surface area contributed by atoms with Crippen molar-refractivity contribution >= 4 is 34.9 Å². The molecule has 0 unspecified atom stereocenters. The van der Waals surface area contributed by atoms with Crippen LogP contribution in [-0.4, -0.2) is 11.0 Å². The smallest absolute Gasteiger partial charge is 0.319 e. The van der Waals surface area contributed by atoms with Crippen LogP contribution in [0, 0.1) is 0 Å². The van der Waals surface area contributed by atoms with Crippen molar-refractivity contribution in [1.29, 1.82) is 0 Å². The topological polar surface area (TPSA) is 54.0 Å². The van der Waals surface area contributed by atoms with Gasteiger partial charge in [-0.05, 0) is 31.2 Å². The second-order valence-electron chi connectivity index (χ2n) is 4.18. The van der Waals surface area contributed by atoms with E-state index in [-0.39, 0.29) is 12.1 Å². The van der Waals surface area contributed by atoms with Gasteiger partial charge in [0.2, 0.25) is 0 Å². The van der Waals surface area contributed by atoms with Crippen LogP contribution in [-0.2, 0) is 0 Å². The van der Waals surface area contributed by atoms with Gasteiger partial charge in [0.15, 0.2) is 0 Å². The number of carbonyl (C=O) groups is 1. The first kappa shape index (κ1) is 14.6. The highest BCUT2D eigenvalue weighted by atomic mass is 35.5. The molecule has 2 amide bonds. The van der Waals surface area contributed by atoms with E-state index in [1.807, 2.05) is 25.1 Å². The molecule has 1 heterocycles. The Kier molecular flexibility index (Phi) is 4.82. The van der Waals surface area contributed by atoms with Crippen molar-refractivity contribution in [2.75, 3.05) is 5.32 Å². The zero-order valence-electron chi connectivity index (χ0n) is 10.7. The largest absolute Gasteiger partial charge is 0.330 e. The van der Waals surface area contributed by atoms with Crippen LogP contribution in [0.3, 0.4) is 0 Å². The van der Waals surface area contributed by atoms with Gasteiger partial charge in [0, 0.05) is 6.20 Å². The molecule has 1 aromatic heterocycles. The lowest BCUT2D eigenvalue weighted by atomic mass is 10.2. The number of benzene rings is 1. The van der Waals surface area contributed by atoms with Crippen molar-refractivity contribution in [3.63, 3.8) is 0 Å². The van der Waals surface area contributed by atoms with Gasteiger partial charge in [-0.3, -0.25) is 4.98 Å². The van der Waals surface area contributed by atoms with Crippen LogP contribution in [0.2, 0.25) is 10.0 Å². The van der Waals surface area contributed by atoms with Gasteiger partial charge in [-0.2, -0.15) is 0 Å². The lowest BCUT2D eigenvalue weighted by Crippen LogP contribution is -2.31. The highest BCUT2D eigenvalue weighted by Gasteiger charge is 2.12. The molecule has 0 aliphatic rings. The maximum atomic E-state index is 11.9. The number of hydrogen-bond acceptors (Lipinski definition) is 2. The average Bonchev–Trinajstić information content (AvgIpc) is 2.45. The zero-order chi connectivity index (χ0) is 14.5. The fourth-order valence-electron chi connectivity index (χ4n) is 1.66. The number of hydrogen-bond donors (Lipinski definition) is 2. The molecule has 0 saturated heterocycles. The summed E-state index contributed by atoms with van der Waals surface area (Å²) in [6.45, 7) is 1.85. The van der Waals surface area contributed by atoms with Crippen LogP contribution in [0.25, 0.3) is 0 Å². The third-order valence-electron chi connectivity index (χ3n) is 2.68. The van der Waals surface area contributed by atoms with E-state index in [2.05, 4.69) is 15.6 Å². The van der Waals surface area contributed by atoms with Crippen molar-refractivity contribution in [3.8, 4) is 0 Å². The number of nitrogens with zero attached hydrogens (tertiary/aromatic N) is 1. The molecule has 2 aromatic rings. The maximum Gasteiger partial charge on any atom is 0.319 e. The molecule has 0 bridgehead atoms. The molecule has 0 spiro atoms. The highest BCUT2D eigenvalue weighted by molar-refractivity contribution is 6.43. The molecule has 0 fully saturated rings. The summed E-state index contributed by atoms with van der Waals surface area (Å²) in [5.74, 6) is 0. The van der Waals surface area contributed by atoms with Crippen molar-refractivity contribution in [1.82, 2.24) is 10.3 Å². The third kappa shape index (κ3) is 3.62. The number of anilines is 1. The molecular weight excluding hydrogens is 297 g/mol. The molecule has 0 aliphatic heterocycles. The Morgan fingerprint density at radius 2 is 2.00 bits per heavy atom. The van der Waals surface area contributed by atoms with E-state index in [1.54, 1.807) is 24.4 Å². The van der Waals surface area contributed by atoms with Gasteiger partial charge in [0.05, 0.1) is 27.5 Å². The molecule has 104 valence electrons. The minimum absolute atomic E-state index is 0.214. The lowest BCUT2D eigenvalue weighted by Gasteiger charge is -2.14. The molecule has 20 heavy (non-hydrogen) atoms. The molecule has 2 N–H and O–H groups in total. The lowest BCUT2D eigenvalue weighted by molar-refractivity contribution is 0.249. The molecule has 1 aromatic carbocycles. The molecule has 0 aliphatic carbocycles. The second kappa shape index (κ2) is 6.59. The molecule has 4 nitrogen and oxygen atoms in total. The van der Waals surface area contributed by atoms with Gasteiger partial charge >= 0.3 is 6.03 Å². The molecular formula is C14H13Cl2N3O. The summed E-state index contributed by atoms with van der Waals surface area (Å²) in [5.41, 5.74) is 1.24. The van der Waals surface area contributed by atoms with Crippen molar-refractivity contribution in [2.45, 2.75) is 13.0 Å². The first-order valence-corrected chi connectivity index (χ1v) is 6.76. The van der Waals surface area contributed by atoms with Crippen LogP contribution in [0.5, 0.6) is 0 Å². The number of carbonyl (C=O) groups excluding carboxylic acids is 1. The van der Waals surface area contributed by atoms with Crippen LogP contribution in [0.15, 0.2) is 42.6 Å². The quantitative estimate of drug-likeness (QED) is 0.889. The second-order valence-corrected chi connectivity index (χ2v) is 4.96. The molecule has 2 rings (SSSR count). The van der Waals surface area contributed by atoms with Crippen LogP contribution >= 0.6 is 23.2 Å². The van der Waals surface area contributed by atoms with Crippen molar-refractivity contribution in [2.24, 2.45) is 0 Å². The summed E-state index contributed by atoms with van der Waals surface area (Å²) in [6.07, 6.45) is 1.68. The SMILES string of the molecule is C[C@H](NC(=O)Nc1cccc(Cl)c1Cl)c1ccccn1. The van der Waals surface area contributed by atoms with Crippen molar-refractivity contribution in [3.05, 3.63) is 58.3 Å². The Bertz CT molecular complexity index is 605. The minimum atomic E-state index is -0.368. The van der Waals surface area contributed by atoms with Gasteiger partial charge in [0.25, 0.3) is 0 Å². The van der Waals surface area contributed by atoms with E-state index in [0.717, 1.165) is 5.69 Å². The van der Waals surface area contributed by atoms with Gasteiger partial charge < -0.3 is 10.6 Å². The Morgan fingerprint density at radius 1 is 1.20 bits per heavy atom. The Morgan fingerprint density at radius 3 is 2.70 bits per heavy atom. The number of nitrogens with one attached hydrogen (secondary N) is 2. The van der Waals surface area contributed by atoms with Gasteiger partial charge in [-0.25, -0.2) is 4.79 Å². The molecule has 0 radical (unpaired) electrons. The number of urea groups is 1. The summed E-state index contributed by atoms with van der Waals surface area (Å²) in [7, 11) is 0. The van der Waals surface area contributed by atoms with E-state index in [0.29, 0.717) is 15.7 Å². The fourth-order valence-corrected chi connectivity index (χ4v) is 2.01. The Balaban J connectivity index is 2.01. The summed E-state index contributed by atoms with van der Waals surface area (Å²) in [6, 6.07) is 10.0. The van der Waals surface area contributed by atoms with E-state index >= 15 is 0 Å². The predicted octanol–water partition coefficient (Wildman–Crippen LogP) is 4.27. The first-order valence-electron chi connectivity index (χ1n) is 6.00. The molecule has 6 heteroatoms. The predicted molar refractivity (Wildman–Crippen MR) is 81.3 cm³/mol. The van der Waals surface area contributed by atoms with E-state index in [9.17, 15) is 4.79 Å². The number of halogens is 2. The van der Waals surface area contributed by atoms with Crippen molar-refractivity contribution < 1.29 is 4.79 Å². The van der Waals surface area contributed by atoms with Crippen LogP contribution in [0.4, 0.5) is 10.5 Å². The number of amides is 2. The molecule has 0 saturated carbocycles. The van der Waals surface area contributed by atoms with Crippen LogP contribution < -0.4 is 10.6 Å². The minimum Gasteiger partial charge on any atom is -0.330 e. The number of pyridine rings is 1. The monoisotopic (exact) mass is 309 g/mol. The van der Waals surface area contributed by atoms with Gasteiger partial charge in [-0.1, -0.05) is 35.3 Å². The Hall–Kier alpha value is -1.78. The van der Waals surface area contributed by atoms with E-state index < -0.39 is 0 Å². The summed E-state index contributed by atoms with van der Waals surface area (Å²) >= 11 is 11.9. The van der Waals surface area contributed by atoms with Crippen LogP contribution in [0.1, 0.15) is 18.7 Å². The Labute approximate surface area is 127 Å². The van der Waals surface area contributed by atoms with E-state index in [1.165, 1.54) is 0 Å². The maximum absolute atomic E-state index is 11.9. The standard InChI is InChI=1S/C14H13Cl2N3O/c1-9(11-6-2-3-8-17-11)18-14(20)19-12-7-4-5-10(15)13(12)16/h2-9H,1H3,(H2,18,19,20)/t9-/m0/s1. The number of rotatable bonds is 3. The summed E-state index contributed by atoms with van der Waals surface area (Å²) < 4.78 is 0. The van der Waals surface area contributed by atoms with E-state index in [4.69, 9.17) is 23.2 Å². The average molecular weight is 310 g/mol.